The van der Waals surface area contributed by atoms with Gasteiger partial charge in [0.15, 0.2) is 8.26 Å². The van der Waals surface area contributed by atoms with Gasteiger partial charge >= 0.3 is 0 Å². The molecule has 3 nitrogen and oxygen atoms in total. The molecule has 1 aromatic heterocycles. The predicted octanol–water partition coefficient (Wildman–Crippen LogP) is 2.16. The summed E-state index contributed by atoms with van der Waals surface area (Å²) in [5, 5.41) is 16.7. The number of aliphatic hydroxyl groups excluding tert-OH is 1. The third-order valence-corrected chi connectivity index (χ3v) is 3.71. The molecule has 0 amide bonds. The molecule has 1 N–H and O–H groups in total. The van der Waals surface area contributed by atoms with Crippen LogP contribution in [0, 0.1) is 0 Å². The largest absolute Gasteiger partial charge is 0.395 e. The number of halogens is 1. The van der Waals surface area contributed by atoms with Crippen molar-refractivity contribution in [2.75, 3.05) is 6.61 Å². The van der Waals surface area contributed by atoms with E-state index < -0.39 is 0 Å². The van der Waals surface area contributed by atoms with Crippen LogP contribution in [0.25, 0.3) is 0 Å². The molecule has 1 heterocycles. The number of aromatic nitrogens is 2. The zero-order chi connectivity index (χ0) is 9.19. The lowest BCUT2D eigenvalue weighted by molar-refractivity contribution is 0.265. The average molecular weight is 269 g/mol. The lowest BCUT2D eigenvalue weighted by Gasteiger charge is -2.17. The van der Waals surface area contributed by atoms with Gasteiger partial charge in [0.1, 0.15) is 0 Å². The van der Waals surface area contributed by atoms with Gasteiger partial charge in [0, 0.05) is 4.75 Å². The van der Waals surface area contributed by atoms with Crippen molar-refractivity contribution in [2.24, 2.45) is 0 Å². The van der Waals surface area contributed by atoms with Gasteiger partial charge in [0.05, 0.1) is 6.61 Å². The topological polar surface area (TPSA) is 46.0 Å². The molecular weight excluding hydrogens is 260 g/mol. The predicted molar refractivity (Wildman–Crippen MR) is 54.6 cm³/mol. The van der Waals surface area contributed by atoms with Crippen LogP contribution in [-0.2, 0) is 0 Å². The second kappa shape index (κ2) is 4.04. The van der Waals surface area contributed by atoms with Crippen molar-refractivity contribution in [3.05, 3.63) is 3.92 Å². The second-order valence-corrected chi connectivity index (χ2v) is 7.05. The van der Waals surface area contributed by atoms with Crippen LogP contribution < -0.4 is 0 Å². The van der Waals surface area contributed by atoms with Crippen LogP contribution in [0.2, 0.25) is 0 Å². The molecule has 0 atom stereocenters. The van der Waals surface area contributed by atoms with Crippen LogP contribution in [-0.4, -0.2) is 26.7 Å². The number of thioether (sulfide) groups is 1. The minimum Gasteiger partial charge on any atom is -0.395 e. The fourth-order valence-corrected chi connectivity index (χ4v) is 3.37. The number of rotatable bonds is 3. The monoisotopic (exact) mass is 268 g/mol. The molecule has 0 aliphatic carbocycles. The molecule has 1 aromatic rings. The van der Waals surface area contributed by atoms with Crippen LogP contribution in [0.3, 0.4) is 0 Å². The molecule has 0 saturated heterocycles. The lowest BCUT2D eigenvalue weighted by Crippen LogP contribution is -2.19. The Morgan fingerprint density at radius 1 is 1.58 bits per heavy atom. The van der Waals surface area contributed by atoms with Crippen LogP contribution in [0.4, 0.5) is 0 Å². The smallest absolute Gasteiger partial charge is 0.184 e. The summed E-state index contributed by atoms with van der Waals surface area (Å²) in [6, 6.07) is 0. The van der Waals surface area contributed by atoms with Crippen molar-refractivity contribution < 1.29 is 5.11 Å². The van der Waals surface area contributed by atoms with Gasteiger partial charge in [-0.1, -0.05) is 23.1 Å². The molecule has 68 valence electrons. The summed E-state index contributed by atoms with van der Waals surface area (Å²) in [6.45, 7) is 4.06. The summed E-state index contributed by atoms with van der Waals surface area (Å²) < 4.78 is 1.47. The average Bonchev–Trinajstić information content (AvgIpc) is 2.35. The number of aliphatic hydroxyl groups is 1. The Bertz CT molecular complexity index is 264. The maximum Gasteiger partial charge on any atom is 0.184 e. The summed E-state index contributed by atoms with van der Waals surface area (Å²) in [6.07, 6.45) is 0. The minimum absolute atomic E-state index is 0.134. The first-order valence-electron chi connectivity index (χ1n) is 3.32. The van der Waals surface area contributed by atoms with E-state index in [9.17, 15) is 0 Å². The molecule has 0 radical (unpaired) electrons. The van der Waals surface area contributed by atoms with Crippen molar-refractivity contribution in [3.63, 3.8) is 0 Å². The highest BCUT2D eigenvalue weighted by Gasteiger charge is 2.20. The van der Waals surface area contributed by atoms with Gasteiger partial charge < -0.3 is 5.11 Å². The zero-order valence-corrected chi connectivity index (χ0v) is 9.96. The van der Waals surface area contributed by atoms with Crippen molar-refractivity contribution >= 4 is 39.0 Å². The first kappa shape index (κ1) is 10.4. The van der Waals surface area contributed by atoms with Crippen molar-refractivity contribution in [3.8, 4) is 0 Å². The van der Waals surface area contributed by atoms with Crippen molar-refractivity contribution in [1.82, 2.24) is 10.2 Å². The first-order chi connectivity index (χ1) is 5.53. The molecule has 1 rings (SSSR count). The fraction of sp³-hybridized carbons (Fsp3) is 0.667. The highest BCUT2D eigenvalue weighted by molar-refractivity contribution is 9.11. The van der Waals surface area contributed by atoms with Gasteiger partial charge in [0.25, 0.3) is 0 Å². The Balaban J connectivity index is 2.63. The van der Waals surface area contributed by atoms with E-state index in [1.165, 1.54) is 23.1 Å². The highest BCUT2D eigenvalue weighted by atomic mass is 79.9. The van der Waals surface area contributed by atoms with E-state index in [-0.39, 0.29) is 11.4 Å². The van der Waals surface area contributed by atoms with Gasteiger partial charge in [-0.2, -0.15) is 0 Å². The van der Waals surface area contributed by atoms with E-state index in [1.54, 1.807) is 0 Å². The Labute approximate surface area is 87.7 Å². The Morgan fingerprint density at radius 3 is 2.67 bits per heavy atom. The lowest BCUT2D eigenvalue weighted by atomic mass is 10.2. The maximum absolute atomic E-state index is 8.99. The van der Waals surface area contributed by atoms with Gasteiger partial charge in [-0.05, 0) is 29.8 Å². The number of nitrogens with zero attached hydrogens (tertiary/aromatic N) is 2. The van der Waals surface area contributed by atoms with Crippen molar-refractivity contribution in [2.45, 2.75) is 22.9 Å². The molecule has 0 spiro atoms. The summed E-state index contributed by atoms with van der Waals surface area (Å²) >= 11 is 6.24. The second-order valence-electron chi connectivity index (χ2n) is 2.84. The van der Waals surface area contributed by atoms with Gasteiger partial charge in [-0.3, -0.25) is 0 Å². The maximum atomic E-state index is 8.99. The molecule has 0 aliphatic heterocycles. The standard InChI is InChI=1S/C6H9BrN2OS2/c1-6(2,3-10)12-5-9-8-4(7)11-5/h10H,3H2,1-2H3. The molecule has 0 aliphatic rings. The SMILES string of the molecule is CC(C)(CO)Sc1nnc(Br)s1. The molecule has 0 aromatic carbocycles. The third kappa shape index (κ3) is 3.01. The Kier molecular flexibility index (Phi) is 3.51. The molecule has 0 fully saturated rings. The van der Waals surface area contributed by atoms with E-state index in [4.69, 9.17) is 5.11 Å². The van der Waals surface area contributed by atoms with E-state index in [1.807, 2.05) is 13.8 Å². The molecule has 6 heteroatoms. The quantitative estimate of drug-likeness (QED) is 0.854. The van der Waals surface area contributed by atoms with E-state index in [2.05, 4.69) is 26.1 Å². The van der Waals surface area contributed by atoms with Crippen LogP contribution >= 0.6 is 39.0 Å². The summed E-state index contributed by atoms with van der Waals surface area (Å²) in [5.41, 5.74) is 0. The first-order valence-corrected chi connectivity index (χ1v) is 5.75. The minimum atomic E-state index is -0.182. The molecule has 0 bridgehead atoms. The van der Waals surface area contributed by atoms with E-state index >= 15 is 0 Å². The third-order valence-electron chi connectivity index (χ3n) is 1.13. The highest BCUT2D eigenvalue weighted by Crippen LogP contribution is 2.34. The molecule has 12 heavy (non-hydrogen) atoms. The Morgan fingerprint density at radius 2 is 2.25 bits per heavy atom. The van der Waals surface area contributed by atoms with Crippen LogP contribution in [0.15, 0.2) is 8.26 Å². The number of hydrogen-bond donors (Lipinski definition) is 1. The molecule has 0 unspecified atom stereocenters. The molecule has 0 saturated carbocycles. The normalized spacial score (nSPS) is 12.0. The van der Waals surface area contributed by atoms with Crippen LogP contribution in [0.5, 0.6) is 0 Å². The van der Waals surface area contributed by atoms with E-state index in [0.29, 0.717) is 0 Å². The summed E-state index contributed by atoms with van der Waals surface area (Å²) in [4.78, 5) is 0. The van der Waals surface area contributed by atoms with Gasteiger partial charge in [-0.15, -0.1) is 10.2 Å². The van der Waals surface area contributed by atoms with Gasteiger partial charge in [0.2, 0.25) is 0 Å². The zero-order valence-electron chi connectivity index (χ0n) is 6.74. The summed E-state index contributed by atoms with van der Waals surface area (Å²) in [5.74, 6) is 0. The van der Waals surface area contributed by atoms with Crippen LogP contribution in [0.1, 0.15) is 13.8 Å². The Hall–Kier alpha value is 0.350. The summed E-state index contributed by atoms with van der Waals surface area (Å²) in [7, 11) is 0. The fourth-order valence-electron chi connectivity index (χ4n) is 0.503. The van der Waals surface area contributed by atoms with Crippen molar-refractivity contribution in [1.29, 1.82) is 0 Å². The van der Waals surface area contributed by atoms with E-state index in [0.717, 1.165) is 8.26 Å². The van der Waals surface area contributed by atoms with Gasteiger partial charge in [-0.25, -0.2) is 0 Å². The molecular formula is C6H9BrN2OS2. The number of hydrogen-bond acceptors (Lipinski definition) is 5.